The SMILES string of the molecule is OC(Cc1nc(C2CC2)no1)C(F)(F)F. The van der Waals surface area contributed by atoms with Crippen LogP contribution in [0.15, 0.2) is 4.52 Å². The normalized spacial score (nSPS) is 19.2. The second kappa shape index (κ2) is 3.48. The van der Waals surface area contributed by atoms with Crippen molar-refractivity contribution in [2.75, 3.05) is 0 Å². The summed E-state index contributed by atoms with van der Waals surface area (Å²) >= 11 is 0. The highest BCUT2D eigenvalue weighted by Crippen LogP contribution is 2.38. The molecule has 1 aromatic rings. The molecule has 7 heteroatoms. The van der Waals surface area contributed by atoms with Crippen LogP contribution in [0.1, 0.15) is 30.5 Å². The first kappa shape index (κ1) is 10.4. The highest BCUT2D eigenvalue weighted by Gasteiger charge is 2.39. The molecule has 1 saturated carbocycles. The topological polar surface area (TPSA) is 59.2 Å². The number of hydrogen-bond donors (Lipinski definition) is 1. The molecule has 2 rings (SSSR count). The van der Waals surface area contributed by atoms with Crippen molar-refractivity contribution in [3.8, 4) is 0 Å². The molecule has 0 aromatic carbocycles. The molecule has 1 fully saturated rings. The lowest BCUT2D eigenvalue weighted by atomic mass is 10.2. The summed E-state index contributed by atoms with van der Waals surface area (Å²) in [6, 6.07) is 0. The zero-order chi connectivity index (χ0) is 11.1. The van der Waals surface area contributed by atoms with E-state index in [0.717, 1.165) is 12.8 Å². The van der Waals surface area contributed by atoms with Gasteiger partial charge in [-0.3, -0.25) is 0 Å². The summed E-state index contributed by atoms with van der Waals surface area (Å²) in [7, 11) is 0. The van der Waals surface area contributed by atoms with E-state index in [9.17, 15) is 13.2 Å². The second-order valence-corrected chi connectivity index (χ2v) is 3.58. The zero-order valence-corrected chi connectivity index (χ0v) is 7.66. The summed E-state index contributed by atoms with van der Waals surface area (Å²) < 4.78 is 40.5. The first-order valence-electron chi connectivity index (χ1n) is 4.54. The first-order valence-corrected chi connectivity index (χ1v) is 4.54. The van der Waals surface area contributed by atoms with Crippen LogP contribution >= 0.6 is 0 Å². The van der Waals surface area contributed by atoms with Crippen LogP contribution in [0, 0.1) is 0 Å². The lowest BCUT2D eigenvalue weighted by molar-refractivity contribution is -0.204. The Hall–Kier alpha value is -1.11. The number of hydrogen-bond acceptors (Lipinski definition) is 4. The fourth-order valence-electron chi connectivity index (χ4n) is 1.14. The van der Waals surface area contributed by atoms with Gasteiger partial charge in [0.25, 0.3) is 0 Å². The number of aliphatic hydroxyl groups excluding tert-OH is 1. The molecule has 0 amide bonds. The Morgan fingerprint density at radius 2 is 2.13 bits per heavy atom. The Morgan fingerprint density at radius 3 is 2.67 bits per heavy atom. The molecule has 84 valence electrons. The molecule has 1 atom stereocenters. The van der Waals surface area contributed by atoms with Crippen molar-refractivity contribution in [3.63, 3.8) is 0 Å². The molecule has 1 heterocycles. The minimum atomic E-state index is -4.64. The van der Waals surface area contributed by atoms with Crippen LogP contribution in [0.25, 0.3) is 0 Å². The van der Waals surface area contributed by atoms with Crippen molar-refractivity contribution in [2.24, 2.45) is 0 Å². The average Bonchev–Trinajstić information content (AvgIpc) is 2.87. The number of aromatic nitrogens is 2. The second-order valence-electron chi connectivity index (χ2n) is 3.58. The number of nitrogens with zero attached hydrogens (tertiary/aromatic N) is 2. The summed E-state index contributed by atoms with van der Waals surface area (Å²) in [5.74, 6) is 0.506. The summed E-state index contributed by atoms with van der Waals surface area (Å²) in [6.07, 6.45) is -5.87. The molecule has 0 aliphatic heterocycles. The van der Waals surface area contributed by atoms with Gasteiger partial charge in [-0.05, 0) is 12.8 Å². The van der Waals surface area contributed by atoms with Crippen LogP contribution in [0.5, 0.6) is 0 Å². The maximum atomic E-state index is 12.0. The van der Waals surface area contributed by atoms with Gasteiger partial charge in [0.1, 0.15) is 0 Å². The minimum absolute atomic E-state index is 0.165. The maximum Gasteiger partial charge on any atom is 0.414 e. The zero-order valence-electron chi connectivity index (χ0n) is 7.66. The van der Waals surface area contributed by atoms with Gasteiger partial charge in [-0.1, -0.05) is 5.16 Å². The van der Waals surface area contributed by atoms with E-state index in [1.165, 1.54) is 0 Å². The van der Waals surface area contributed by atoms with Gasteiger partial charge < -0.3 is 9.63 Å². The van der Waals surface area contributed by atoms with Gasteiger partial charge in [0, 0.05) is 5.92 Å². The smallest absolute Gasteiger partial charge is 0.383 e. The molecule has 0 bridgehead atoms. The third kappa shape index (κ3) is 2.47. The summed E-state index contributed by atoms with van der Waals surface area (Å²) in [5, 5.41) is 12.3. The number of halogens is 3. The van der Waals surface area contributed by atoms with Gasteiger partial charge in [0.15, 0.2) is 11.9 Å². The Balaban J connectivity index is 1.98. The van der Waals surface area contributed by atoms with Crippen molar-refractivity contribution in [3.05, 3.63) is 11.7 Å². The molecule has 0 saturated heterocycles. The van der Waals surface area contributed by atoms with Crippen LogP contribution in [0.3, 0.4) is 0 Å². The van der Waals surface area contributed by atoms with Crippen molar-refractivity contribution in [1.82, 2.24) is 10.1 Å². The van der Waals surface area contributed by atoms with Crippen molar-refractivity contribution in [1.29, 1.82) is 0 Å². The highest BCUT2D eigenvalue weighted by atomic mass is 19.4. The standard InChI is InChI=1S/C8H9F3N2O2/c9-8(10,11)5(14)3-6-12-7(13-15-6)4-1-2-4/h4-5,14H,1-3H2. The number of alkyl halides is 3. The van der Waals surface area contributed by atoms with Gasteiger partial charge in [-0.2, -0.15) is 18.2 Å². The van der Waals surface area contributed by atoms with E-state index in [0.29, 0.717) is 5.82 Å². The van der Waals surface area contributed by atoms with E-state index in [1.807, 2.05) is 0 Å². The van der Waals surface area contributed by atoms with Crippen LogP contribution < -0.4 is 0 Å². The van der Waals surface area contributed by atoms with Crippen LogP contribution in [0.2, 0.25) is 0 Å². The van der Waals surface area contributed by atoms with E-state index in [1.54, 1.807) is 0 Å². The molecule has 15 heavy (non-hydrogen) atoms. The van der Waals surface area contributed by atoms with Gasteiger partial charge in [0.2, 0.25) is 5.89 Å². The Kier molecular flexibility index (Phi) is 2.41. The average molecular weight is 222 g/mol. The van der Waals surface area contributed by atoms with Gasteiger partial charge in [-0.25, -0.2) is 0 Å². The Bertz CT molecular complexity index is 346. The van der Waals surface area contributed by atoms with E-state index >= 15 is 0 Å². The highest BCUT2D eigenvalue weighted by molar-refractivity contribution is 5.03. The van der Waals surface area contributed by atoms with Crippen LogP contribution in [-0.4, -0.2) is 27.5 Å². The van der Waals surface area contributed by atoms with Crippen molar-refractivity contribution < 1.29 is 22.8 Å². The summed E-state index contributed by atoms with van der Waals surface area (Å²) in [4.78, 5) is 3.79. The summed E-state index contributed by atoms with van der Waals surface area (Å²) in [5.41, 5.74) is 0. The van der Waals surface area contributed by atoms with Crippen molar-refractivity contribution in [2.45, 2.75) is 37.5 Å². The van der Waals surface area contributed by atoms with Gasteiger partial charge in [0.05, 0.1) is 6.42 Å². The van der Waals surface area contributed by atoms with Crippen LogP contribution in [-0.2, 0) is 6.42 Å². The third-order valence-electron chi connectivity index (χ3n) is 2.17. The number of aliphatic hydroxyl groups is 1. The largest absolute Gasteiger partial charge is 0.414 e. The van der Waals surface area contributed by atoms with Gasteiger partial charge >= 0.3 is 6.18 Å². The van der Waals surface area contributed by atoms with E-state index < -0.39 is 18.7 Å². The molecule has 1 N–H and O–H groups in total. The molecular formula is C8H9F3N2O2. The molecule has 1 unspecified atom stereocenters. The molecule has 1 aliphatic rings. The summed E-state index contributed by atoms with van der Waals surface area (Å²) in [6.45, 7) is 0. The monoisotopic (exact) mass is 222 g/mol. The van der Waals surface area contributed by atoms with Crippen LogP contribution in [0.4, 0.5) is 13.2 Å². The molecule has 1 aliphatic carbocycles. The van der Waals surface area contributed by atoms with Crippen molar-refractivity contribution >= 4 is 0 Å². The van der Waals surface area contributed by atoms with E-state index in [-0.39, 0.29) is 11.8 Å². The van der Waals surface area contributed by atoms with Gasteiger partial charge in [-0.15, -0.1) is 0 Å². The molecule has 0 spiro atoms. The predicted octanol–water partition coefficient (Wildman–Crippen LogP) is 1.41. The lowest BCUT2D eigenvalue weighted by Crippen LogP contribution is -2.30. The van der Waals surface area contributed by atoms with E-state index in [4.69, 9.17) is 5.11 Å². The number of rotatable bonds is 3. The fraction of sp³-hybridized carbons (Fsp3) is 0.750. The molecule has 1 aromatic heterocycles. The fourth-order valence-corrected chi connectivity index (χ4v) is 1.14. The molecular weight excluding hydrogens is 213 g/mol. The molecule has 0 radical (unpaired) electrons. The third-order valence-corrected chi connectivity index (χ3v) is 2.17. The Morgan fingerprint density at radius 1 is 1.47 bits per heavy atom. The Labute approximate surface area is 83.1 Å². The molecule has 4 nitrogen and oxygen atoms in total. The quantitative estimate of drug-likeness (QED) is 0.840. The van der Waals surface area contributed by atoms with E-state index in [2.05, 4.69) is 14.7 Å². The minimum Gasteiger partial charge on any atom is -0.383 e. The first-order chi connectivity index (χ1) is 6.97. The lowest BCUT2D eigenvalue weighted by Gasteiger charge is -2.11. The maximum absolute atomic E-state index is 12.0. The predicted molar refractivity (Wildman–Crippen MR) is 42.0 cm³/mol.